The number of hydrogen-bond acceptors (Lipinski definition) is 1. The molecule has 0 fully saturated rings. The Bertz CT molecular complexity index is 46.0. The van der Waals surface area contributed by atoms with E-state index in [1.54, 1.807) is 0 Å². The summed E-state index contributed by atoms with van der Waals surface area (Å²) in [6.07, 6.45) is 0.804. The van der Waals surface area contributed by atoms with Gasteiger partial charge in [0.25, 0.3) is 0 Å². The molecule has 0 spiro atoms. The van der Waals surface area contributed by atoms with Gasteiger partial charge in [-0.3, -0.25) is 0 Å². The molecule has 0 saturated heterocycles. The maximum Gasteiger partial charge on any atom is 0.0713 e. The summed E-state index contributed by atoms with van der Waals surface area (Å²) in [6, 6.07) is 0. The van der Waals surface area contributed by atoms with Gasteiger partial charge in [-0.25, -0.2) is 0 Å². The second-order valence-corrected chi connectivity index (χ2v) is 2.54. The molecule has 0 aliphatic carbocycles. The van der Waals surface area contributed by atoms with Gasteiger partial charge in [-0.05, 0) is 13.3 Å². The van der Waals surface area contributed by atoms with E-state index in [2.05, 4.69) is 15.9 Å². The van der Waals surface area contributed by atoms with Crippen LogP contribution in [0.5, 0.6) is 0 Å². The summed E-state index contributed by atoms with van der Waals surface area (Å²) in [5, 5.41) is 9.75. The Morgan fingerprint density at radius 3 is 2.14 bits per heavy atom. The summed E-state index contributed by atoms with van der Waals surface area (Å²) in [7, 11) is 0. The van der Waals surface area contributed by atoms with E-state index in [9.17, 15) is 0 Å². The maximum atomic E-state index is 9.09. The van der Waals surface area contributed by atoms with Crippen LogP contribution in [0.1, 0.15) is 20.3 Å². The van der Waals surface area contributed by atoms with Crippen LogP contribution in [0.25, 0.3) is 0 Å². The molecule has 0 rings (SSSR count). The van der Waals surface area contributed by atoms with Gasteiger partial charge in [0.1, 0.15) is 0 Å². The molecule has 1 nitrogen and oxygen atoms in total. The first-order chi connectivity index (χ1) is 3.12. The first-order valence-electron chi connectivity index (χ1n) is 2.41. The molecule has 0 radical (unpaired) electrons. The molecule has 0 amide bonds. The normalized spacial score (nSPS) is 18.9. The van der Waals surface area contributed by atoms with Crippen molar-refractivity contribution in [3.63, 3.8) is 0 Å². The number of hydrogen-bond donors (Lipinski definition) is 1. The van der Waals surface area contributed by atoms with Crippen molar-refractivity contribution in [3.05, 3.63) is 0 Å². The van der Waals surface area contributed by atoms with Crippen molar-refractivity contribution in [2.75, 3.05) is 5.33 Å². The topological polar surface area (TPSA) is 20.2 Å². The summed E-state index contributed by atoms with van der Waals surface area (Å²) in [6.45, 7) is 3.77. The van der Waals surface area contributed by atoms with Gasteiger partial charge in [0.05, 0.1) is 5.60 Å². The molecule has 0 aliphatic heterocycles. The fraction of sp³-hybridized carbons (Fsp3) is 1.00. The van der Waals surface area contributed by atoms with Gasteiger partial charge in [0, 0.05) is 5.33 Å². The fourth-order valence-corrected chi connectivity index (χ4v) is 0.491. The van der Waals surface area contributed by atoms with Crippen molar-refractivity contribution in [1.82, 2.24) is 0 Å². The Hall–Kier alpha value is 0.440. The Labute approximate surface area is 52.9 Å². The van der Waals surface area contributed by atoms with E-state index in [4.69, 9.17) is 5.11 Å². The van der Waals surface area contributed by atoms with Gasteiger partial charge in [0.2, 0.25) is 0 Å². The number of alkyl halides is 1. The highest BCUT2D eigenvalue weighted by Gasteiger charge is 2.13. The molecule has 1 atom stereocenters. The molecule has 1 unspecified atom stereocenters. The summed E-state index contributed by atoms with van der Waals surface area (Å²) in [5.41, 5.74) is -0.500. The maximum absolute atomic E-state index is 9.09. The standard InChI is InChI=1S/C5H11BrO/c1-3-5(2,7)4-6/h7H,3-4H2,1-2H3. The molecule has 0 aliphatic rings. The first kappa shape index (κ1) is 7.44. The molecule has 0 aromatic heterocycles. The Kier molecular flexibility index (Phi) is 2.84. The smallest absolute Gasteiger partial charge is 0.0713 e. The van der Waals surface area contributed by atoms with E-state index in [1.807, 2.05) is 13.8 Å². The minimum Gasteiger partial charge on any atom is -0.389 e. The van der Waals surface area contributed by atoms with E-state index in [1.165, 1.54) is 0 Å². The van der Waals surface area contributed by atoms with Crippen LogP contribution >= 0.6 is 15.9 Å². The third-order valence-electron chi connectivity index (χ3n) is 1.05. The van der Waals surface area contributed by atoms with Crippen molar-refractivity contribution >= 4 is 15.9 Å². The molecule has 44 valence electrons. The van der Waals surface area contributed by atoms with Crippen LogP contribution in [0.15, 0.2) is 0 Å². The van der Waals surface area contributed by atoms with Crippen LogP contribution in [0.4, 0.5) is 0 Å². The molecule has 0 heterocycles. The highest BCUT2D eigenvalue weighted by Crippen LogP contribution is 2.10. The van der Waals surface area contributed by atoms with Crippen molar-refractivity contribution in [3.8, 4) is 0 Å². The molecule has 0 aromatic carbocycles. The lowest BCUT2D eigenvalue weighted by molar-refractivity contribution is 0.0829. The minimum absolute atomic E-state index is 0.500. The van der Waals surface area contributed by atoms with Crippen molar-refractivity contribution in [1.29, 1.82) is 0 Å². The van der Waals surface area contributed by atoms with Crippen molar-refractivity contribution in [2.24, 2.45) is 0 Å². The van der Waals surface area contributed by atoms with Crippen molar-refractivity contribution in [2.45, 2.75) is 25.9 Å². The Balaban J connectivity index is 3.36. The summed E-state index contributed by atoms with van der Waals surface area (Å²) >= 11 is 3.18. The highest BCUT2D eigenvalue weighted by atomic mass is 79.9. The zero-order valence-corrected chi connectivity index (χ0v) is 6.33. The molecule has 0 aromatic rings. The Morgan fingerprint density at radius 2 is 2.14 bits per heavy atom. The van der Waals surface area contributed by atoms with Crippen LogP contribution in [-0.4, -0.2) is 16.0 Å². The van der Waals surface area contributed by atoms with Gasteiger partial charge in [-0.2, -0.15) is 0 Å². The lowest BCUT2D eigenvalue weighted by Crippen LogP contribution is -2.23. The van der Waals surface area contributed by atoms with E-state index in [0.717, 1.165) is 6.42 Å². The molecule has 0 saturated carbocycles. The van der Waals surface area contributed by atoms with E-state index >= 15 is 0 Å². The third kappa shape index (κ3) is 3.06. The summed E-state index contributed by atoms with van der Waals surface area (Å²) in [5.74, 6) is 0. The fourth-order valence-electron chi connectivity index (χ4n) is 0.0945. The SMILES string of the molecule is CCC(C)(O)CBr. The van der Waals surface area contributed by atoms with Gasteiger partial charge in [-0.15, -0.1) is 0 Å². The van der Waals surface area contributed by atoms with Crippen LogP contribution < -0.4 is 0 Å². The number of aliphatic hydroxyl groups is 1. The van der Waals surface area contributed by atoms with Crippen molar-refractivity contribution < 1.29 is 5.11 Å². The second kappa shape index (κ2) is 2.68. The molecular formula is C5H11BrO. The Morgan fingerprint density at radius 1 is 1.71 bits per heavy atom. The molecule has 7 heavy (non-hydrogen) atoms. The lowest BCUT2D eigenvalue weighted by Gasteiger charge is -2.16. The lowest BCUT2D eigenvalue weighted by atomic mass is 10.1. The largest absolute Gasteiger partial charge is 0.389 e. The predicted molar refractivity (Wildman–Crippen MR) is 34.7 cm³/mol. The molecule has 0 bridgehead atoms. The number of rotatable bonds is 2. The van der Waals surface area contributed by atoms with Gasteiger partial charge in [-0.1, -0.05) is 22.9 Å². The summed E-state index contributed by atoms with van der Waals surface area (Å²) in [4.78, 5) is 0. The van der Waals surface area contributed by atoms with Crippen LogP contribution in [-0.2, 0) is 0 Å². The highest BCUT2D eigenvalue weighted by molar-refractivity contribution is 9.09. The van der Waals surface area contributed by atoms with Crippen LogP contribution in [0, 0.1) is 0 Å². The quantitative estimate of drug-likeness (QED) is 0.618. The molecular weight excluding hydrogens is 156 g/mol. The van der Waals surface area contributed by atoms with E-state index in [-0.39, 0.29) is 0 Å². The minimum atomic E-state index is -0.500. The monoisotopic (exact) mass is 166 g/mol. The van der Waals surface area contributed by atoms with E-state index < -0.39 is 5.60 Å². The average molecular weight is 167 g/mol. The zero-order chi connectivity index (χ0) is 5.91. The third-order valence-corrected chi connectivity index (χ3v) is 2.26. The zero-order valence-electron chi connectivity index (χ0n) is 4.74. The van der Waals surface area contributed by atoms with Gasteiger partial charge in [0.15, 0.2) is 0 Å². The average Bonchev–Trinajstić information content (AvgIpc) is 1.68. The summed E-state index contributed by atoms with van der Waals surface area (Å²) < 4.78 is 0. The van der Waals surface area contributed by atoms with Gasteiger partial charge >= 0.3 is 0 Å². The number of halogens is 1. The van der Waals surface area contributed by atoms with Crippen LogP contribution in [0.3, 0.4) is 0 Å². The predicted octanol–water partition coefficient (Wildman–Crippen LogP) is 1.54. The van der Waals surface area contributed by atoms with Gasteiger partial charge < -0.3 is 5.11 Å². The second-order valence-electron chi connectivity index (χ2n) is 1.98. The first-order valence-corrected chi connectivity index (χ1v) is 3.53. The van der Waals surface area contributed by atoms with Crippen LogP contribution in [0.2, 0.25) is 0 Å². The molecule has 2 heteroatoms. The molecule has 1 N–H and O–H groups in total. The van der Waals surface area contributed by atoms with E-state index in [0.29, 0.717) is 5.33 Å².